The van der Waals surface area contributed by atoms with Gasteiger partial charge in [0.05, 0.1) is 6.61 Å². The molecule has 0 bridgehead atoms. The van der Waals surface area contributed by atoms with Crippen molar-refractivity contribution in [2.75, 3.05) is 6.61 Å². The molecule has 0 aliphatic carbocycles. The Morgan fingerprint density at radius 3 is 2.58 bits per heavy atom. The Hall–Kier alpha value is -3.12. The minimum Gasteiger partial charge on any atom is -0.490 e. The molecule has 0 spiro atoms. The lowest BCUT2D eigenvalue weighted by molar-refractivity contribution is 0.337. The second-order valence-corrected chi connectivity index (χ2v) is 5.91. The van der Waals surface area contributed by atoms with Crippen LogP contribution in [0.2, 0.25) is 5.02 Å². The van der Waals surface area contributed by atoms with Crippen LogP contribution in [-0.4, -0.2) is 16.8 Å². The highest BCUT2D eigenvalue weighted by molar-refractivity contribution is 6.30. The monoisotopic (exact) mass is 368 g/mol. The molecular weight excluding hydrogens is 356 g/mol. The Labute approximate surface area is 153 Å². The molecule has 0 N–H and O–H groups in total. The summed E-state index contributed by atoms with van der Waals surface area (Å²) >= 11 is 5.88. The van der Waals surface area contributed by atoms with E-state index in [0.29, 0.717) is 39.8 Å². The summed E-state index contributed by atoms with van der Waals surface area (Å²) < 4.78 is 16.6. The van der Waals surface area contributed by atoms with Gasteiger partial charge in [-0.15, -0.1) is 10.2 Å². The summed E-state index contributed by atoms with van der Waals surface area (Å²) in [6, 6.07) is 14.0. The third-order valence-corrected chi connectivity index (χ3v) is 4.02. The van der Waals surface area contributed by atoms with E-state index in [-0.39, 0.29) is 11.5 Å². The van der Waals surface area contributed by atoms with Gasteiger partial charge in [0.1, 0.15) is 5.56 Å². The minimum atomic E-state index is -0.573. The van der Waals surface area contributed by atoms with Crippen molar-refractivity contribution < 1.29 is 13.6 Å². The first-order valence-corrected chi connectivity index (χ1v) is 8.33. The molecular formula is C19H13ClN2O4. The first-order chi connectivity index (χ1) is 12.7. The summed E-state index contributed by atoms with van der Waals surface area (Å²) in [6.07, 6.45) is 0. The molecule has 26 heavy (non-hydrogen) atoms. The van der Waals surface area contributed by atoms with Gasteiger partial charge in [0.25, 0.3) is 5.89 Å². The van der Waals surface area contributed by atoms with Crippen LogP contribution in [0.15, 0.2) is 62.2 Å². The summed E-state index contributed by atoms with van der Waals surface area (Å²) in [5, 5.41) is 9.28. The van der Waals surface area contributed by atoms with Gasteiger partial charge in [0, 0.05) is 16.0 Å². The van der Waals surface area contributed by atoms with E-state index in [4.69, 9.17) is 25.2 Å². The molecule has 0 amide bonds. The van der Waals surface area contributed by atoms with Crippen molar-refractivity contribution in [2.45, 2.75) is 6.92 Å². The molecule has 2 aromatic heterocycles. The van der Waals surface area contributed by atoms with Crippen LogP contribution in [0.5, 0.6) is 5.75 Å². The smallest absolute Gasteiger partial charge is 0.349 e. The van der Waals surface area contributed by atoms with Gasteiger partial charge < -0.3 is 13.6 Å². The number of hydrogen-bond acceptors (Lipinski definition) is 6. The SMILES string of the molecule is CCOc1cccc2cc(-c3nnc(-c4ccc(Cl)cc4)o3)c(=O)oc12. The number of nitrogens with zero attached hydrogens (tertiary/aromatic N) is 2. The van der Waals surface area contributed by atoms with E-state index in [2.05, 4.69) is 10.2 Å². The maximum Gasteiger partial charge on any atom is 0.349 e. The molecule has 0 unspecified atom stereocenters. The largest absolute Gasteiger partial charge is 0.490 e. The summed E-state index contributed by atoms with van der Waals surface area (Å²) in [5.74, 6) is 0.896. The van der Waals surface area contributed by atoms with Crippen molar-refractivity contribution in [1.82, 2.24) is 10.2 Å². The molecule has 4 aromatic rings. The lowest BCUT2D eigenvalue weighted by Gasteiger charge is -2.06. The lowest BCUT2D eigenvalue weighted by Crippen LogP contribution is -2.04. The summed E-state index contributed by atoms with van der Waals surface area (Å²) in [4.78, 5) is 12.4. The lowest BCUT2D eigenvalue weighted by atomic mass is 10.1. The zero-order valence-electron chi connectivity index (χ0n) is 13.7. The van der Waals surface area contributed by atoms with Crippen LogP contribution >= 0.6 is 11.6 Å². The molecule has 0 saturated heterocycles. The zero-order valence-corrected chi connectivity index (χ0v) is 14.5. The first kappa shape index (κ1) is 16.4. The van der Waals surface area contributed by atoms with Crippen LogP contribution < -0.4 is 10.4 Å². The second kappa shape index (κ2) is 6.65. The van der Waals surface area contributed by atoms with Crippen molar-refractivity contribution in [1.29, 1.82) is 0 Å². The molecule has 0 saturated carbocycles. The van der Waals surface area contributed by atoms with E-state index in [9.17, 15) is 4.79 Å². The van der Waals surface area contributed by atoms with Gasteiger partial charge in [-0.05, 0) is 43.3 Å². The fourth-order valence-corrected chi connectivity index (χ4v) is 2.70. The van der Waals surface area contributed by atoms with Crippen LogP contribution in [0.3, 0.4) is 0 Å². The molecule has 130 valence electrons. The molecule has 2 heterocycles. The number of halogens is 1. The van der Waals surface area contributed by atoms with Gasteiger partial charge in [-0.25, -0.2) is 4.79 Å². The number of hydrogen-bond donors (Lipinski definition) is 0. The van der Waals surface area contributed by atoms with Gasteiger partial charge in [-0.3, -0.25) is 0 Å². The molecule has 0 radical (unpaired) electrons. The van der Waals surface area contributed by atoms with E-state index < -0.39 is 5.63 Å². The van der Waals surface area contributed by atoms with Crippen LogP contribution in [0, 0.1) is 0 Å². The van der Waals surface area contributed by atoms with Gasteiger partial charge in [0.2, 0.25) is 5.89 Å². The third kappa shape index (κ3) is 2.95. The standard InChI is InChI=1S/C19H13ClN2O4/c1-2-24-15-5-3-4-12-10-14(19(23)25-16(12)15)18-22-21-17(26-18)11-6-8-13(20)9-7-11/h3-10H,2H2,1H3. The summed E-state index contributed by atoms with van der Waals surface area (Å²) in [6.45, 7) is 2.33. The van der Waals surface area contributed by atoms with Crippen molar-refractivity contribution in [2.24, 2.45) is 0 Å². The number of fused-ring (bicyclic) bond motifs is 1. The van der Waals surface area contributed by atoms with E-state index >= 15 is 0 Å². The number of rotatable bonds is 4. The molecule has 6 nitrogen and oxygen atoms in total. The number of benzene rings is 2. The van der Waals surface area contributed by atoms with Crippen molar-refractivity contribution in [3.63, 3.8) is 0 Å². The van der Waals surface area contributed by atoms with Crippen LogP contribution in [-0.2, 0) is 0 Å². The Bertz CT molecular complexity index is 1130. The highest BCUT2D eigenvalue weighted by Crippen LogP contribution is 2.28. The van der Waals surface area contributed by atoms with E-state index in [0.717, 1.165) is 0 Å². The molecule has 0 atom stereocenters. The Kier molecular flexibility index (Phi) is 4.18. The summed E-state index contributed by atoms with van der Waals surface area (Å²) in [7, 11) is 0. The predicted octanol–water partition coefficient (Wildman–Crippen LogP) is 4.56. The fourth-order valence-electron chi connectivity index (χ4n) is 2.58. The number of aromatic nitrogens is 2. The van der Waals surface area contributed by atoms with Gasteiger partial charge >= 0.3 is 5.63 Å². The highest BCUT2D eigenvalue weighted by Gasteiger charge is 2.17. The number of para-hydroxylation sites is 1. The van der Waals surface area contributed by atoms with Crippen molar-refractivity contribution in [3.05, 3.63) is 64.0 Å². The zero-order chi connectivity index (χ0) is 18.1. The quantitative estimate of drug-likeness (QED) is 0.491. The fraction of sp³-hybridized carbons (Fsp3) is 0.105. The van der Waals surface area contributed by atoms with Crippen molar-refractivity contribution >= 4 is 22.6 Å². The van der Waals surface area contributed by atoms with Gasteiger partial charge in [-0.1, -0.05) is 23.7 Å². The average Bonchev–Trinajstić information content (AvgIpc) is 3.12. The molecule has 0 aliphatic rings. The average molecular weight is 369 g/mol. The predicted molar refractivity (Wildman–Crippen MR) is 97.4 cm³/mol. The molecule has 4 rings (SSSR count). The number of ether oxygens (including phenoxy) is 1. The molecule has 7 heteroatoms. The molecule has 0 aliphatic heterocycles. The highest BCUT2D eigenvalue weighted by atomic mass is 35.5. The minimum absolute atomic E-state index is 0.0902. The molecule has 0 fully saturated rings. The second-order valence-electron chi connectivity index (χ2n) is 5.47. The molecule has 2 aromatic carbocycles. The Morgan fingerprint density at radius 1 is 1.04 bits per heavy atom. The first-order valence-electron chi connectivity index (χ1n) is 7.95. The van der Waals surface area contributed by atoms with Gasteiger partial charge in [-0.2, -0.15) is 0 Å². The Balaban J connectivity index is 1.79. The van der Waals surface area contributed by atoms with Crippen LogP contribution in [0.25, 0.3) is 33.9 Å². The van der Waals surface area contributed by atoms with E-state index in [1.807, 2.05) is 19.1 Å². The van der Waals surface area contributed by atoms with Crippen molar-refractivity contribution in [3.8, 4) is 28.7 Å². The van der Waals surface area contributed by atoms with E-state index in [1.165, 1.54) is 0 Å². The van der Waals surface area contributed by atoms with Gasteiger partial charge in [0.15, 0.2) is 11.3 Å². The maximum atomic E-state index is 12.4. The van der Waals surface area contributed by atoms with E-state index in [1.54, 1.807) is 36.4 Å². The summed E-state index contributed by atoms with van der Waals surface area (Å²) in [5.41, 5.74) is 0.715. The Morgan fingerprint density at radius 2 is 1.81 bits per heavy atom. The van der Waals surface area contributed by atoms with Crippen LogP contribution in [0.4, 0.5) is 0 Å². The topological polar surface area (TPSA) is 78.4 Å². The van der Waals surface area contributed by atoms with Crippen LogP contribution in [0.1, 0.15) is 6.92 Å². The maximum absolute atomic E-state index is 12.4. The normalized spacial score (nSPS) is 11.0. The third-order valence-electron chi connectivity index (χ3n) is 3.77.